The zero-order chi connectivity index (χ0) is 6.85. The number of nitrogens with one attached hydrogen (secondary N) is 1. The molecular formula is C6H11NO2. The molecule has 1 aliphatic heterocycles. The molecule has 3 nitrogen and oxygen atoms in total. The highest BCUT2D eigenvalue weighted by atomic mass is 16.7. The van der Waals surface area contributed by atoms with Crippen LogP contribution < -0.4 is 5.48 Å². The Hall–Kier alpha value is -0.540. The average molecular weight is 129 g/mol. The van der Waals surface area contributed by atoms with Crippen LogP contribution in [0.5, 0.6) is 0 Å². The van der Waals surface area contributed by atoms with Gasteiger partial charge in [-0.25, -0.2) is 0 Å². The lowest BCUT2D eigenvalue weighted by molar-refractivity contribution is 0.121. The van der Waals surface area contributed by atoms with E-state index in [1.807, 2.05) is 13.8 Å². The fourth-order valence-electron chi connectivity index (χ4n) is 0.867. The van der Waals surface area contributed by atoms with Gasteiger partial charge in [-0.05, 0) is 13.8 Å². The fourth-order valence-corrected chi connectivity index (χ4v) is 0.867. The Morgan fingerprint density at radius 1 is 1.78 bits per heavy atom. The van der Waals surface area contributed by atoms with Gasteiger partial charge in [0, 0.05) is 5.57 Å². The maximum atomic E-state index is 8.73. The molecule has 0 aromatic carbocycles. The molecular weight excluding hydrogens is 118 g/mol. The van der Waals surface area contributed by atoms with Gasteiger partial charge in [0.25, 0.3) is 0 Å². The molecule has 1 unspecified atom stereocenters. The molecule has 0 bridgehead atoms. The van der Waals surface area contributed by atoms with E-state index in [1.165, 1.54) is 0 Å². The molecule has 3 heteroatoms. The van der Waals surface area contributed by atoms with E-state index in [0.29, 0.717) is 0 Å². The number of allylic oxidation sites excluding steroid dienone is 1. The molecule has 0 amide bonds. The molecule has 0 fully saturated rings. The van der Waals surface area contributed by atoms with Gasteiger partial charge in [-0.15, -0.1) is 0 Å². The molecule has 0 aromatic heterocycles. The molecule has 2 N–H and O–H groups in total. The molecule has 1 aliphatic rings. The number of hydrogen-bond donors (Lipinski definition) is 2. The molecule has 0 saturated heterocycles. The summed E-state index contributed by atoms with van der Waals surface area (Å²) in [5.74, 6) is 0.796. The van der Waals surface area contributed by atoms with E-state index in [-0.39, 0.29) is 12.6 Å². The van der Waals surface area contributed by atoms with E-state index in [2.05, 4.69) is 5.48 Å². The summed E-state index contributed by atoms with van der Waals surface area (Å²) in [7, 11) is 0. The van der Waals surface area contributed by atoms with Gasteiger partial charge in [0.05, 0.1) is 12.6 Å². The van der Waals surface area contributed by atoms with Crippen molar-refractivity contribution in [3.8, 4) is 0 Å². The van der Waals surface area contributed by atoms with Crippen molar-refractivity contribution >= 4 is 0 Å². The summed E-state index contributed by atoms with van der Waals surface area (Å²) in [6.07, 6.45) is 0. The van der Waals surface area contributed by atoms with Crippen molar-refractivity contribution < 1.29 is 9.94 Å². The van der Waals surface area contributed by atoms with Gasteiger partial charge in [-0.1, -0.05) is 0 Å². The first-order valence-electron chi connectivity index (χ1n) is 2.98. The third kappa shape index (κ3) is 1.06. The Kier molecular flexibility index (Phi) is 1.73. The van der Waals surface area contributed by atoms with E-state index in [1.54, 1.807) is 0 Å². The first-order chi connectivity index (χ1) is 4.25. The van der Waals surface area contributed by atoms with Crippen molar-refractivity contribution in [3.05, 3.63) is 11.3 Å². The highest BCUT2D eigenvalue weighted by molar-refractivity contribution is 5.16. The van der Waals surface area contributed by atoms with Crippen molar-refractivity contribution in [2.45, 2.75) is 19.9 Å². The molecule has 52 valence electrons. The first-order valence-corrected chi connectivity index (χ1v) is 2.98. The Labute approximate surface area is 54.3 Å². The molecule has 1 rings (SSSR count). The summed E-state index contributed by atoms with van der Waals surface area (Å²) in [6.45, 7) is 3.87. The standard InChI is InChI=1S/C6H11NO2/c1-4-6(3-8)5(2)9-7-4/h4,7-8H,3H2,1-2H3. The lowest BCUT2D eigenvalue weighted by Gasteiger charge is -2.01. The van der Waals surface area contributed by atoms with E-state index in [0.717, 1.165) is 11.3 Å². The van der Waals surface area contributed by atoms with E-state index < -0.39 is 0 Å². The molecule has 0 spiro atoms. The summed E-state index contributed by atoms with van der Waals surface area (Å²) in [6, 6.07) is 0.162. The molecule has 0 radical (unpaired) electrons. The van der Waals surface area contributed by atoms with E-state index in [9.17, 15) is 0 Å². The largest absolute Gasteiger partial charge is 0.413 e. The van der Waals surface area contributed by atoms with Crippen molar-refractivity contribution in [1.82, 2.24) is 5.48 Å². The van der Waals surface area contributed by atoms with Crippen LogP contribution in [0.15, 0.2) is 11.3 Å². The molecule has 9 heavy (non-hydrogen) atoms. The Morgan fingerprint density at radius 3 is 2.67 bits per heavy atom. The van der Waals surface area contributed by atoms with Gasteiger partial charge >= 0.3 is 0 Å². The van der Waals surface area contributed by atoms with Gasteiger partial charge in [0.15, 0.2) is 0 Å². The predicted molar refractivity (Wildman–Crippen MR) is 33.5 cm³/mol. The van der Waals surface area contributed by atoms with Gasteiger partial charge in [-0.2, -0.15) is 5.48 Å². The van der Waals surface area contributed by atoms with Crippen LogP contribution in [0.3, 0.4) is 0 Å². The highest BCUT2D eigenvalue weighted by Gasteiger charge is 2.18. The lowest BCUT2D eigenvalue weighted by Crippen LogP contribution is -2.20. The zero-order valence-electron chi connectivity index (χ0n) is 5.64. The average Bonchev–Trinajstić information content (AvgIpc) is 2.12. The van der Waals surface area contributed by atoms with Gasteiger partial charge in [0.1, 0.15) is 5.76 Å². The van der Waals surface area contributed by atoms with Crippen LogP contribution in [0.4, 0.5) is 0 Å². The number of rotatable bonds is 1. The van der Waals surface area contributed by atoms with Crippen molar-refractivity contribution in [2.24, 2.45) is 0 Å². The monoisotopic (exact) mass is 129 g/mol. The molecule has 1 heterocycles. The van der Waals surface area contributed by atoms with Crippen LogP contribution in [0.1, 0.15) is 13.8 Å². The van der Waals surface area contributed by atoms with Crippen LogP contribution in [-0.2, 0) is 4.84 Å². The van der Waals surface area contributed by atoms with Gasteiger partial charge in [0.2, 0.25) is 0 Å². The molecule has 1 atom stereocenters. The smallest absolute Gasteiger partial charge is 0.124 e. The Bertz CT molecular complexity index is 142. The second-order valence-electron chi connectivity index (χ2n) is 2.18. The predicted octanol–water partition coefficient (Wildman–Crippen LogP) is 0.176. The van der Waals surface area contributed by atoms with Gasteiger partial charge < -0.3 is 9.94 Å². The molecule has 0 saturated carbocycles. The van der Waals surface area contributed by atoms with Crippen LogP contribution >= 0.6 is 0 Å². The Balaban J connectivity index is 2.69. The first kappa shape index (κ1) is 6.58. The topological polar surface area (TPSA) is 41.5 Å². The normalized spacial score (nSPS) is 26.8. The third-order valence-corrected chi connectivity index (χ3v) is 1.53. The second kappa shape index (κ2) is 2.37. The van der Waals surface area contributed by atoms with Crippen molar-refractivity contribution in [2.75, 3.05) is 6.61 Å². The minimum atomic E-state index is 0.0833. The molecule has 0 aliphatic carbocycles. The van der Waals surface area contributed by atoms with E-state index in [4.69, 9.17) is 9.94 Å². The number of hydroxylamine groups is 1. The quantitative estimate of drug-likeness (QED) is 0.530. The maximum Gasteiger partial charge on any atom is 0.124 e. The summed E-state index contributed by atoms with van der Waals surface area (Å²) >= 11 is 0. The van der Waals surface area contributed by atoms with Crippen molar-refractivity contribution in [3.63, 3.8) is 0 Å². The Morgan fingerprint density at radius 2 is 2.44 bits per heavy atom. The number of aliphatic hydroxyl groups is 1. The van der Waals surface area contributed by atoms with Crippen LogP contribution in [0.2, 0.25) is 0 Å². The number of aliphatic hydroxyl groups excluding tert-OH is 1. The summed E-state index contributed by atoms with van der Waals surface area (Å²) < 4.78 is 0. The van der Waals surface area contributed by atoms with Gasteiger partial charge in [-0.3, -0.25) is 0 Å². The fraction of sp³-hybridized carbons (Fsp3) is 0.667. The minimum Gasteiger partial charge on any atom is -0.413 e. The zero-order valence-corrected chi connectivity index (χ0v) is 5.64. The highest BCUT2D eigenvalue weighted by Crippen LogP contribution is 2.14. The van der Waals surface area contributed by atoms with Crippen molar-refractivity contribution in [1.29, 1.82) is 0 Å². The molecule has 0 aromatic rings. The lowest BCUT2D eigenvalue weighted by atomic mass is 10.1. The van der Waals surface area contributed by atoms with E-state index >= 15 is 0 Å². The maximum absolute atomic E-state index is 8.73. The SMILES string of the molecule is CC1=C(CO)C(C)NO1. The summed E-state index contributed by atoms with van der Waals surface area (Å²) in [4.78, 5) is 4.94. The minimum absolute atomic E-state index is 0.0833. The van der Waals surface area contributed by atoms with Crippen LogP contribution in [0, 0.1) is 0 Å². The second-order valence-corrected chi connectivity index (χ2v) is 2.18. The number of hydrogen-bond acceptors (Lipinski definition) is 3. The summed E-state index contributed by atoms with van der Waals surface area (Å²) in [5.41, 5.74) is 3.68. The third-order valence-electron chi connectivity index (χ3n) is 1.53. The van der Waals surface area contributed by atoms with Crippen LogP contribution in [-0.4, -0.2) is 17.8 Å². The van der Waals surface area contributed by atoms with Crippen LogP contribution in [0.25, 0.3) is 0 Å². The summed E-state index contributed by atoms with van der Waals surface area (Å²) in [5, 5.41) is 8.73.